The maximum Gasteiger partial charge on any atom is 2.00 e. The summed E-state index contributed by atoms with van der Waals surface area (Å²) in [6, 6.07) is 0. The van der Waals surface area contributed by atoms with Gasteiger partial charge < -0.3 is 36.1 Å². The largest absolute Gasteiger partial charge is 2.00 e. The second kappa shape index (κ2) is 107. The van der Waals surface area contributed by atoms with Gasteiger partial charge >= 0.3 is 39.6 Å². The third kappa shape index (κ3) is 162. The minimum Gasteiger partial charge on any atom is -0.358 e. The summed E-state index contributed by atoms with van der Waals surface area (Å²) in [5, 5.41) is 0. The van der Waals surface area contributed by atoms with Crippen LogP contribution in [0.2, 0.25) is 0 Å². The second-order valence-corrected chi connectivity index (χ2v) is 0.577. The second-order valence-electron chi connectivity index (χ2n) is 0.577. The van der Waals surface area contributed by atoms with Gasteiger partial charge in [0.2, 0.25) is 0 Å². The van der Waals surface area contributed by atoms with E-state index in [4.69, 9.17) is 0 Å². The molecule has 0 saturated heterocycles. The smallest absolute Gasteiger partial charge is 0.358 e. The van der Waals surface area contributed by atoms with E-state index in [0.29, 0.717) is 0 Å². The van der Waals surface area contributed by atoms with Crippen LogP contribution in [0.3, 0.4) is 0 Å². The molecule has 0 nitrogen and oxygen atoms in total. The minimum atomic E-state index is 0. The van der Waals surface area contributed by atoms with Crippen molar-refractivity contribution in [1.29, 1.82) is 0 Å². The Labute approximate surface area is 121 Å². The minimum absolute atomic E-state index is 0. The molecule has 3 heteroatoms. The Morgan fingerprint density at radius 1 is 0.800 bits per heavy atom. The van der Waals surface area contributed by atoms with Crippen molar-refractivity contribution in [3.63, 3.8) is 0 Å². The molecule has 0 saturated carbocycles. The van der Waals surface area contributed by atoms with Crippen molar-refractivity contribution in [3.05, 3.63) is 36.1 Å². The molecule has 62 valence electrons. The molecule has 0 N–H and O–H groups in total. The fraction of sp³-hybridized carbons (Fsp3) is 0.286. The molecule has 0 aromatic carbocycles. The molecular formula is C7H19VWY-. The number of rotatable bonds is 0. The van der Waals surface area contributed by atoms with Gasteiger partial charge in [-0.2, -0.15) is 13.8 Å². The maximum absolute atomic E-state index is 2.00. The summed E-state index contributed by atoms with van der Waals surface area (Å²) < 4.78 is 0. The SMILES string of the molecule is C[CH-]C.[CH3-].[CH3-].[CH3-].[CH3-].[V+2].[W+2].[Y]. The third-order valence-electron chi connectivity index (χ3n) is 0. The van der Waals surface area contributed by atoms with Crippen molar-refractivity contribution in [2.24, 2.45) is 0 Å². The summed E-state index contributed by atoms with van der Waals surface area (Å²) >= 11 is 0. The fourth-order valence-corrected chi connectivity index (χ4v) is 0. The van der Waals surface area contributed by atoms with E-state index in [1.807, 2.05) is 20.3 Å². The van der Waals surface area contributed by atoms with Crippen LogP contribution in [-0.4, -0.2) is 0 Å². The number of hydrogen-bond acceptors (Lipinski definition) is 0. The van der Waals surface area contributed by atoms with E-state index in [-0.39, 0.29) is 102 Å². The molecule has 0 amide bonds. The van der Waals surface area contributed by atoms with Crippen molar-refractivity contribution in [1.82, 2.24) is 0 Å². The van der Waals surface area contributed by atoms with E-state index in [9.17, 15) is 0 Å². The topological polar surface area (TPSA) is 0 Å². The average Bonchev–Trinajstić information content (AvgIpc) is 0.918. The summed E-state index contributed by atoms with van der Waals surface area (Å²) in [6.45, 7) is 4.00. The molecule has 0 fully saturated rings. The summed E-state index contributed by atoms with van der Waals surface area (Å²) in [5.41, 5.74) is 0. The van der Waals surface area contributed by atoms with Crippen molar-refractivity contribution < 1.29 is 72.3 Å². The summed E-state index contributed by atoms with van der Waals surface area (Å²) in [4.78, 5) is 0. The van der Waals surface area contributed by atoms with Gasteiger partial charge in [0.25, 0.3) is 0 Å². The molecule has 0 heterocycles. The Morgan fingerprint density at radius 3 is 0.800 bits per heavy atom. The van der Waals surface area contributed by atoms with Crippen LogP contribution in [0.15, 0.2) is 0 Å². The zero-order valence-corrected chi connectivity index (χ0v) is 15.2. The van der Waals surface area contributed by atoms with E-state index in [1.54, 1.807) is 0 Å². The van der Waals surface area contributed by atoms with Gasteiger partial charge in [-0.15, -0.1) is 0 Å². The standard InChI is InChI=1S/C3H7.4CH3.V.W.Y/c1-3-2;;;;;;;/h3H,1-2H3;4*1H3;;;/q5*-1;2*+2;. The zero-order chi connectivity index (χ0) is 2.71. The molecule has 0 aliphatic rings. The summed E-state index contributed by atoms with van der Waals surface area (Å²) in [5.74, 6) is 0. The summed E-state index contributed by atoms with van der Waals surface area (Å²) in [7, 11) is 0. The Kier molecular flexibility index (Phi) is 898. The van der Waals surface area contributed by atoms with Crippen molar-refractivity contribution in [2.45, 2.75) is 13.8 Å². The van der Waals surface area contributed by atoms with E-state index in [0.717, 1.165) is 0 Å². The molecule has 0 aromatic heterocycles. The van der Waals surface area contributed by atoms with Crippen LogP contribution in [0.4, 0.5) is 0 Å². The van der Waals surface area contributed by atoms with Crippen LogP contribution in [-0.2, 0) is 72.3 Å². The van der Waals surface area contributed by atoms with Crippen LogP contribution >= 0.6 is 0 Å². The van der Waals surface area contributed by atoms with Crippen molar-refractivity contribution >= 4 is 0 Å². The third-order valence-corrected chi connectivity index (χ3v) is 0. The van der Waals surface area contributed by atoms with Crippen LogP contribution in [0, 0.1) is 36.1 Å². The van der Waals surface area contributed by atoms with Crippen LogP contribution in [0.25, 0.3) is 0 Å². The quantitative estimate of drug-likeness (QED) is 0.522. The average molecular weight is 427 g/mol. The molecule has 0 rings (SSSR count). The van der Waals surface area contributed by atoms with Crippen molar-refractivity contribution in [3.8, 4) is 0 Å². The molecule has 0 aliphatic carbocycles. The Bertz CT molecular complexity index is 13.6. The fourth-order valence-electron chi connectivity index (χ4n) is 0. The molecule has 0 bridgehead atoms. The predicted octanol–water partition coefficient (Wildman–Crippen LogP) is 3.02. The molecular weight excluding hydrogens is 408 g/mol. The molecule has 0 spiro atoms. The maximum atomic E-state index is 2.00. The number of hydrogen-bond donors (Lipinski definition) is 0. The van der Waals surface area contributed by atoms with E-state index in [1.165, 1.54) is 0 Å². The first-order valence-corrected chi connectivity index (χ1v) is 1.15. The first-order chi connectivity index (χ1) is 1.41. The molecule has 0 aliphatic heterocycles. The van der Waals surface area contributed by atoms with Gasteiger partial charge in [-0.25, -0.2) is 0 Å². The van der Waals surface area contributed by atoms with Gasteiger partial charge in [0, 0.05) is 32.7 Å². The van der Waals surface area contributed by atoms with Gasteiger partial charge in [0.15, 0.2) is 0 Å². The van der Waals surface area contributed by atoms with Gasteiger partial charge in [-0.1, -0.05) is 0 Å². The van der Waals surface area contributed by atoms with Gasteiger partial charge in [-0.05, 0) is 0 Å². The summed E-state index contributed by atoms with van der Waals surface area (Å²) in [6.07, 6.45) is 2.00. The molecule has 2 radical (unpaired) electrons. The predicted molar refractivity (Wildman–Crippen MR) is 41.3 cm³/mol. The van der Waals surface area contributed by atoms with Gasteiger partial charge in [0.05, 0.1) is 0 Å². The Morgan fingerprint density at radius 2 is 0.800 bits per heavy atom. The molecule has 0 aromatic rings. The zero-order valence-electron chi connectivity index (χ0n) is 8.01. The van der Waals surface area contributed by atoms with E-state index >= 15 is 0 Å². The van der Waals surface area contributed by atoms with Crippen LogP contribution in [0.5, 0.6) is 0 Å². The van der Waals surface area contributed by atoms with Gasteiger partial charge in [0.1, 0.15) is 0 Å². The Hall–Kier alpha value is 2.38. The van der Waals surface area contributed by atoms with Crippen LogP contribution in [0.1, 0.15) is 13.8 Å². The van der Waals surface area contributed by atoms with Crippen molar-refractivity contribution in [2.75, 3.05) is 0 Å². The monoisotopic (exact) mass is 427 g/mol. The normalized spacial score (nSPS) is 1.80. The molecule has 0 atom stereocenters. The first kappa shape index (κ1) is 83.6. The van der Waals surface area contributed by atoms with E-state index in [2.05, 4.69) is 0 Å². The Balaban J connectivity index is -0.000000000952. The molecule has 0 unspecified atom stereocenters. The van der Waals surface area contributed by atoms with E-state index < -0.39 is 0 Å². The molecule has 10 heavy (non-hydrogen) atoms. The first-order valence-electron chi connectivity index (χ1n) is 1.15. The van der Waals surface area contributed by atoms with Crippen LogP contribution < -0.4 is 0 Å². The van der Waals surface area contributed by atoms with Gasteiger partial charge in [-0.3, -0.25) is 0 Å².